The zero-order valence-electron chi connectivity index (χ0n) is 15.7. The van der Waals surface area contributed by atoms with Gasteiger partial charge in [0.1, 0.15) is 11.5 Å². The average Bonchev–Trinajstić information content (AvgIpc) is 3.36. The van der Waals surface area contributed by atoms with Crippen molar-refractivity contribution in [1.82, 2.24) is 29.6 Å². The van der Waals surface area contributed by atoms with Gasteiger partial charge in [-0.2, -0.15) is 0 Å². The van der Waals surface area contributed by atoms with Gasteiger partial charge in [0.2, 0.25) is 0 Å². The van der Waals surface area contributed by atoms with E-state index in [2.05, 4.69) is 15.1 Å². The van der Waals surface area contributed by atoms with Gasteiger partial charge in [-0.1, -0.05) is 5.16 Å². The molecule has 3 aromatic heterocycles. The highest BCUT2D eigenvalue weighted by Crippen LogP contribution is 2.26. The fourth-order valence-electron chi connectivity index (χ4n) is 3.64. The SMILES string of the molecule is Cc1noc(C)c1-c1cncc(C[C@H]2CCN(C(=O)c3cn(C)cn3)C2)n1. The van der Waals surface area contributed by atoms with Crippen LogP contribution in [0.25, 0.3) is 11.3 Å². The number of carbonyl (C=O) groups excluding carboxylic acids is 1. The second-order valence-corrected chi connectivity index (χ2v) is 7.13. The second kappa shape index (κ2) is 6.94. The first-order valence-corrected chi connectivity index (χ1v) is 9.02. The molecule has 0 saturated carbocycles. The molecule has 1 saturated heterocycles. The fraction of sp³-hybridized carbons (Fsp3) is 0.421. The first-order chi connectivity index (χ1) is 13.0. The van der Waals surface area contributed by atoms with Crippen molar-refractivity contribution in [3.8, 4) is 11.3 Å². The van der Waals surface area contributed by atoms with Gasteiger partial charge in [-0.25, -0.2) is 9.97 Å². The van der Waals surface area contributed by atoms with Gasteiger partial charge in [0.15, 0.2) is 0 Å². The summed E-state index contributed by atoms with van der Waals surface area (Å²) in [6.45, 7) is 5.24. The molecule has 8 heteroatoms. The van der Waals surface area contributed by atoms with Crippen molar-refractivity contribution in [3.05, 3.63) is 47.8 Å². The minimum atomic E-state index is -0.00587. The van der Waals surface area contributed by atoms with Crippen molar-refractivity contribution < 1.29 is 9.32 Å². The lowest BCUT2D eigenvalue weighted by molar-refractivity contribution is 0.0781. The van der Waals surface area contributed by atoms with Crippen LogP contribution in [0.3, 0.4) is 0 Å². The van der Waals surface area contributed by atoms with Crippen LogP contribution >= 0.6 is 0 Å². The fourth-order valence-corrected chi connectivity index (χ4v) is 3.64. The molecule has 27 heavy (non-hydrogen) atoms. The maximum absolute atomic E-state index is 12.5. The third kappa shape index (κ3) is 3.47. The minimum absolute atomic E-state index is 0.00587. The van der Waals surface area contributed by atoms with Crippen molar-refractivity contribution in [1.29, 1.82) is 0 Å². The van der Waals surface area contributed by atoms with Crippen molar-refractivity contribution in [2.75, 3.05) is 13.1 Å². The van der Waals surface area contributed by atoms with Crippen LogP contribution in [0.15, 0.2) is 29.4 Å². The van der Waals surface area contributed by atoms with Crippen molar-refractivity contribution >= 4 is 5.91 Å². The van der Waals surface area contributed by atoms with Gasteiger partial charge in [0.05, 0.1) is 35.2 Å². The summed E-state index contributed by atoms with van der Waals surface area (Å²) in [7, 11) is 1.86. The Balaban J connectivity index is 1.45. The zero-order valence-corrected chi connectivity index (χ0v) is 15.7. The lowest BCUT2D eigenvalue weighted by atomic mass is 10.0. The summed E-state index contributed by atoms with van der Waals surface area (Å²) in [4.78, 5) is 27.7. The monoisotopic (exact) mass is 366 g/mol. The van der Waals surface area contributed by atoms with Crippen LogP contribution in [0.4, 0.5) is 0 Å². The maximum atomic E-state index is 12.5. The Kier molecular flexibility index (Phi) is 4.47. The Morgan fingerprint density at radius 1 is 1.33 bits per heavy atom. The van der Waals surface area contributed by atoms with Crippen LogP contribution in [0, 0.1) is 19.8 Å². The van der Waals surface area contributed by atoms with E-state index in [-0.39, 0.29) is 5.91 Å². The van der Waals surface area contributed by atoms with E-state index in [1.165, 1.54) is 0 Å². The van der Waals surface area contributed by atoms with E-state index >= 15 is 0 Å². The van der Waals surface area contributed by atoms with Crippen LogP contribution in [0.1, 0.15) is 34.1 Å². The molecule has 3 aromatic rings. The molecule has 1 aliphatic rings. The van der Waals surface area contributed by atoms with E-state index in [1.807, 2.05) is 25.8 Å². The van der Waals surface area contributed by atoms with E-state index in [0.29, 0.717) is 18.2 Å². The third-order valence-electron chi connectivity index (χ3n) is 4.97. The van der Waals surface area contributed by atoms with E-state index in [1.54, 1.807) is 29.5 Å². The molecule has 0 bridgehead atoms. The lowest BCUT2D eigenvalue weighted by Crippen LogP contribution is -2.29. The van der Waals surface area contributed by atoms with Crippen LogP contribution < -0.4 is 0 Å². The summed E-state index contributed by atoms with van der Waals surface area (Å²) in [5, 5.41) is 3.99. The lowest BCUT2D eigenvalue weighted by Gasteiger charge is -2.15. The molecule has 0 N–H and O–H groups in total. The zero-order chi connectivity index (χ0) is 19.0. The number of rotatable bonds is 4. The number of amides is 1. The van der Waals surface area contributed by atoms with Gasteiger partial charge < -0.3 is 14.0 Å². The number of hydrogen-bond acceptors (Lipinski definition) is 6. The Labute approximate surface area is 157 Å². The summed E-state index contributed by atoms with van der Waals surface area (Å²) in [6.07, 6.45) is 8.68. The number of carbonyl (C=O) groups is 1. The summed E-state index contributed by atoms with van der Waals surface area (Å²) < 4.78 is 7.03. The number of imidazole rings is 1. The standard InChI is InChI=1S/C19H22N6O2/c1-12-18(13(2)27-23-12)16-8-20-7-15(22-16)6-14-4-5-25(9-14)19(26)17-10-24(3)11-21-17/h7-8,10-11,14H,4-6,9H2,1-3H3/t14-/m1/s1. The third-order valence-corrected chi connectivity index (χ3v) is 4.97. The van der Waals surface area contributed by atoms with Crippen LogP contribution in [0.5, 0.6) is 0 Å². The first kappa shape index (κ1) is 17.4. The summed E-state index contributed by atoms with van der Waals surface area (Å²) >= 11 is 0. The molecule has 1 atom stereocenters. The molecule has 4 rings (SSSR count). The molecule has 0 aromatic carbocycles. The highest BCUT2D eigenvalue weighted by molar-refractivity contribution is 5.92. The predicted octanol–water partition coefficient (Wildman–Crippen LogP) is 2.19. The molecule has 8 nitrogen and oxygen atoms in total. The highest BCUT2D eigenvalue weighted by atomic mass is 16.5. The summed E-state index contributed by atoms with van der Waals surface area (Å²) in [5.41, 5.74) is 3.92. The van der Waals surface area contributed by atoms with Crippen molar-refractivity contribution in [2.24, 2.45) is 13.0 Å². The van der Waals surface area contributed by atoms with Gasteiger partial charge in [0.25, 0.3) is 5.91 Å². The van der Waals surface area contributed by atoms with E-state index < -0.39 is 0 Å². The molecule has 0 radical (unpaired) electrons. The smallest absolute Gasteiger partial charge is 0.274 e. The van der Waals surface area contributed by atoms with E-state index in [9.17, 15) is 4.79 Å². The highest BCUT2D eigenvalue weighted by Gasteiger charge is 2.28. The van der Waals surface area contributed by atoms with Crippen LogP contribution in [-0.4, -0.2) is 48.6 Å². The average molecular weight is 366 g/mol. The Bertz CT molecular complexity index is 957. The largest absolute Gasteiger partial charge is 0.361 e. The van der Waals surface area contributed by atoms with E-state index in [0.717, 1.165) is 47.8 Å². The molecular weight excluding hydrogens is 344 g/mol. The number of aromatic nitrogens is 5. The molecule has 4 heterocycles. The molecule has 1 amide bonds. The van der Waals surface area contributed by atoms with Crippen LogP contribution in [0.2, 0.25) is 0 Å². The summed E-state index contributed by atoms with van der Waals surface area (Å²) in [5.74, 6) is 1.10. The number of aryl methyl sites for hydroxylation is 3. The van der Waals surface area contributed by atoms with Gasteiger partial charge in [-0.15, -0.1) is 0 Å². The molecule has 0 spiro atoms. The Morgan fingerprint density at radius 3 is 2.89 bits per heavy atom. The van der Waals surface area contributed by atoms with Crippen molar-refractivity contribution in [3.63, 3.8) is 0 Å². The molecule has 1 aliphatic heterocycles. The second-order valence-electron chi connectivity index (χ2n) is 7.13. The predicted molar refractivity (Wildman–Crippen MR) is 97.9 cm³/mol. The molecule has 0 aliphatic carbocycles. The van der Waals surface area contributed by atoms with Gasteiger partial charge in [-0.05, 0) is 32.6 Å². The Hall–Kier alpha value is -3.03. The van der Waals surface area contributed by atoms with Crippen LogP contribution in [-0.2, 0) is 13.5 Å². The number of hydrogen-bond donors (Lipinski definition) is 0. The number of likely N-dealkylation sites (tertiary alicyclic amines) is 1. The normalized spacial score (nSPS) is 16.9. The minimum Gasteiger partial charge on any atom is -0.361 e. The maximum Gasteiger partial charge on any atom is 0.274 e. The van der Waals surface area contributed by atoms with Crippen molar-refractivity contribution in [2.45, 2.75) is 26.7 Å². The molecule has 0 unspecified atom stereocenters. The first-order valence-electron chi connectivity index (χ1n) is 9.02. The quantitative estimate of drug-likeness (QED) is 0.703. The Morgan fingerprint density at radius 2 is 2.19 bits per heavy atom. The number of nitrogens with zero attached hydrogens (tertiary/aromatic N) is 6. The van der Waals surface area contributed by atoms with Gasteiger partial charge in [-0.3, -0.25) is 9.78 Å². The van der Waals surface area contributed by atoms with E-state index in [4.69, 9.17) is 9.51 Å². The molecule has 1 fully saturated rings. The molecule has 140 valence electrons. The van der Waals surface area contributed by atoms with Gasteiger partial charge in [0, 0.05) is 32.5 Å². The van der Waals surface area contributed by atoms with Gasteiger partial charge >= 0.3 is 0 Å². The summed E-state index contributed by atoms with van der Waals surface area (Å²) in [6, 6.07) is 0. The molecular formula is C19H22N6O2. The topological polar surface area (TPSA) is 89.9 Å².